The van der Waals surface area contributed by atoms with E-state index in [1.165, 1.54) is 10.9 Å². The van der Waals surface area contributed by atoms with Crippen LogP contribution in [0.4, 0.5) is 5.82 Å². The molecule has 0 saturated carbocycles. The number of nitrogens with zero attached hydrogens (tertiary/aromatic N) is 3. The van der Waals surface area contributed by atoms with Gasteiger partial charge in [0.1, 0.15) is 11.4 Å². The summed E-state index contributed by atoms with van der Waals surface area (Å²) in [4.78, 5) is 13.8. The first-order chi connectivity index (χ1) is 7.20. The molecule has 0 aliphatic carbocycles. The SMILES string of the molecule is Cn1ncc(C(=O)N2CCNCC2)c1N. The summed E-state index contributed by atoms with van der Waals surface area (Å²) >= 11 is 0. The van der Waals surface area contributed by atoms with Gasteiger partial charge in [-0.05, 0) is 0 Å². The summed E-state index contributed by atoms with van der Waals surface area (Å²) < 4.78 is 1.51. The summed E-state index contributed by atoms with van der Waals surface area (Å²) in [6, 6.07) is 0. The fourth-order valence-corrected chi connectivity index (χ4v) is 1.65. The minimum Gasteiger partial charge on any atom is -0.383 e. The van der Waals surface area contributed by atoms with Crippen molar-refractivity contribution in [3.05, 3.63) is 11.8 Å². The minimum atomic E-state index is -0.0258. The van der Waals surface area contributed by atoms with Crippen LogP contribution in [0.1, 0.15) is 10.4 Å². The van der Waals surface area contributed by atoms with Crippen molar-refractivity contribution in [1.29, 1.82) is 0 Å². The third-order valence-electron chi connectivity index (χ3n) is 2.62. The molecule has 82 valence electrons. The molecule has 1 aliphatic rings. The van der Waals surface area contributed by atoms with Gasteiger partial charge in [0.2, 0.25) is 0 Å². The molecule has 1 amide bonds. The molecule has 0 unspecified atom stereocenters. The number of nitrogens with two attached hydrogens (primary N) is 1. The zero-order chi connectivity index (χ0) is 10.8. The molecule has 0 bridgehead atoms. The average Bonchev–Trinajstić information content (AvgIpc) is 2.60. The van der Waals surface area contributed by atoms with E-state index >= 15 is 0 Å². The van der Waals surface area contributed by atoms with Gasteiger partial charge in [-0.25, -0.2) is 0 Å². The van der Waals surface area contributed by atoms with Gasteiger partial charge in [-0.15, -0.1) is 0 Å². The minimum absolute atomic E-state index is 0.0258. The van der Waals surface area contributed by atoms with E-state index in [0.29, 0.717) is 11.4 Å². The number of nitrogen functional groups attached to an aromatic ring is 1. The molecule has 0 atom stereocenters. The predicted octanol–water partition coefficient (Wildman–Crippen LogP) is -0.952. The molecule has 0 spiro atoms. The molecule has 1 aromatic heterocycles. The zero-order valence-corrected chi connectivity index (χ0v) is 8.73. The van der Waals surface area contributed by atoms with E-state index in [4.69, 9.17) is 5.73 Å². The molecule has 1 aliphatic heterocycles. The number of carbonyl (C=O) groups excluding carboxylic acids is 1. The molecule has 2 rings (SSSR count). The number of nitrogens with one attached hydrogen (secondary N) is 1. The summed E-state index contributed by atoms with van der Waals surface area (Å²) in [6.07, 6.45) is 1.53. The molecular formula is C9H15N5O. The van der Waals surface area contributed by atoms with Gasteiger partial charge < -0.3 is 16.0 Å². The Labute approximate surface area is 88.0 Å². The number of hydrogen-bond acceptors (Lipinski definition) is 4. The number of aryl methyl sites for hydroxylation is 1. The maximum Gasteiger partial charge on any atom is 0.259 e. The van der Waals surface area contributed by atoms with Crippen LogP contribution in [-0.4, -0.2) is 46.8 Å². The zero-order valence-electron chi connectivity index (χ0n) is 8.73. The van der Waals surface area contributed by atoms with E-state index in [1.54, 1.807) is 11.9 Å². The van der Waals surface area contributed by atoms with Gasteiger partial charge in [0.15, 0.2) is 0 Å². The van der Waals surface area contributed by atoms with Crippen molar-refractivity contribution in [1.82, 2.24) is 20.0 Å². The van der Waals surface area contributed by atoms with Gasteiger partial charge in [-0.1, -0.05) is 0 Å². The summed E-state index contributed by atoms with van der Waals surface area (Å²) in [6.45, 7) is 3.14. The van der Waals surface area contributed by atoms with Crippen molar-refractivity contribution >= 4 is 11.7 Å². The molecule has 15 heavy (non-hydrogen) atoms. The first kappa shape index (κ1) is 9.97. The van der Waals surface area contributed by atoms with Gasteiger partial charge in [0.25, 0.3) is 5.91 Å². The first-order valence-electron chi connectivity index (χ1n) is 4.97. The summed E-state index contributed by atoms with van der Waals surface area (Å²) in [7, 11) is 1.73. The summed E-state index contributed by atoms with van der Waals surface area (Å²) in [5.74, 6) is 0.403. The normalized spacial score (nSPS) is 16.7. The number of aromatic nitrogens is 2. The maximum atomic E-state index is 12.0. The van der Waals surface area contributed by atoms with E-state index in [1.807, 2.05) is 0 Å². The smallest absolute Gasteiger partial charge is 0.259 e. The van der Waals surface area contributed by atoms with Crippen LogP contribution in [0.5, 0.6) is 0 Å². The molecule has 1 fully saturated rings. The van der Waals surface area contributed by atoms with Crippen LogP contribution in [0.15, 0.2) is 6.20 Å². The second-order valence-electron chi connectivity index (χ2n) is 3.61. The largest absolute Gasteiger partial charge is 0.383 e. The lowest BCUT2D eigenvalue weighted by Crippen LogP contribution is -2.46. The van der Waals surface area contributed by atoms with Gasteiger partial charge in [-0.2, -0.15) is 5.10 Å². The van der Waals surface area contributed by atoms with Gasteiger partial charge in [-0.3, -0.25) is 9.48 Å². The van der Waals surface area contributed by atoms with Gasteiger partial charge >= 0.3 is 0 Å². The van der Waals surface area contributed by atoms with E-state index in [-0.39, 0.29) is 5.91 Å². The number of anilines is 1. The second kappa shape index (κ2) is 3.90. The standard InChI is InChI=1S/C9H15N5O/c1-13-8(10)7(6-12-13)9(15)14-4-2-11-3-5-14/h6,11H,2-5,10H2,1H3. The lowest BCUT2D eigenvalue weighted by molar-refractivity contribution is 0.0737. The average molecular weight is 209 g/mol. The summed E-state index contributed by atoms with van der Waals surface area (Å²) in [5.41, 5.74) is 6.25. The Morgan fingerprint density at radius 3 is 2.73 bits per heavy atom. The molecule has 0 aromatic carbocycles. The van der Waals surface area contributed by atoms with E-state index in [9.17, 15) is 4.79 Å². The first-order valence-corrected chi connectivity index (χ1v) is 4.97. The maximum absolute atomic E-state index is 12.0. The molecule has 6 heteroatoms. The highest BCUT2D eigenvalue weighted by Crippen LogP contribution is 2.12. The van der Waals surface area contributed by atoms with Crippen molar-refractivity contribution in [3.8, 4) is 0 Å². The molecule has 6 nitrogen and oxygen atoms in total. The number of carbonyl (C=O) groups is 1. The summed E-state index contributed by atoms with van der Waals surface area (Å²) in [5, 5.41) is 7.16. The number of hydrogen-bond donors (Lipinski definition) is 2. The van der Waals surface area contributed by atoms with Crippen LogP contribution in [0, 0.1) is 0 Å². The highest BCUT2D eigenvalue weighted by atomic mass is 16.2. The van der Waals surface area contributed by atoms with Crippen molar-refractivity contribution in [2.75, 3.05) is 31.9 Å². The highest BCUT2D eigenvalue weighted by Gasteiger charge is 2.21. The number of amides is 1. The quantitative estimate of drug-likeness (QED) is 0.625. The monoisotopic (exact) mass is 209 g/mol. The Hall–Kier alpha value is -1.56. The number of rotatable bonds is 1. The van der Waals surface area contributed by atoms with E-state index in [0.717, 1.165) is 26.2 Å². The topological polar surface area (TPSA) is 76.2 Å². The Balaban J connectivity index is 2.16. The third kappa shape index (κ3) is 1.80. The fourth-order valence-electron chi connectivity index (χ4n) is 1.65. The van der Waals surface area contributed by atoms with Crippen LogP contribution >= 0.6 is 0 Å². The van der Waals surface area contributed by atoms with Crippen LogP contribution in [0.2, 0.25) is 0 Å². The van der Waals surface area contributed by atoms with Crippen molar-refractivity contribution in [2.24, 2.45) is 7.05 Å². The molecule has 2 heterocycles. The predicted molar refractivity (Wildman–Crippen MR) is 56.4 cm³/mol. The van der Waals surface area contributed by atoms with Crippen LogP contribution in [-0.2, 0) is 7.05 Å². The van der Waals surface area contributed by atoms with Crippen LogP contribution < -0.4 is 11.1 Å². The fraction of sp³-hybridized carbons (Fsp3) is 0.556. The number of piperazine rings is 1. The molecule has 0 radical (unpaired) electrons. The third-order valence-corrected chi connectivity index (χ3v) is 2.62. The van der Waals surface area contributed by atoms with E-state index < -0.39 is 0 Å². The van der Waals surface area contributed by atoms with Crippen molar-refractivity contribution in [3.63, 3.8) is 0 Å². The Bertz CT molecular complexity index is 367. The Morgan fingerprint density at radius 1 is 1.53 bits per heavy atom. The van der Waals surface area contributed by atoms with Gasteiger partial charge in [0.05, 0.1) is 6.20 Å². The van der Waals surface area contributed by atoms with Crippen LogP contribution in [0.3, 0.4) is 0 Å². The molecule has 1 aromatic rings. The van der Waals surface area contributed by atoms with Crippen molar-refractivity contribution in [2.45, 2.75) is 0 Å². The van der Waals surface area contributed by atoms with Gasteiger partial charge in [0, 0.05) is 33.2 Å². The molecule has 1 saturated heterocycles. The lowest BCUT2D eigenvalue weighted by Gasteiger charge is -2.27. The highest BCUT2D eigenvalue weighted by molar-refractivity contribution is 5.98. The second-order valence-corrected chi connectivity index (χ2v) is 3.61. The Morgan fingerprint density at radius 2 is 2.20 bits per heavy atom. The van der Waals surface area contributed by atoms with Crippen LogP contribution in [0.25, 0.3) is 0 Å². The van der Waals surface area contributed by atoms with E-state index in [2.05, 4.69) is 10.4 Å². The van der Waals surface area contributed by atoms with Crippen molar-refractivity contribution < 1.29 is 4.79 Å². The molecule has 3 N–H and O–H groups in total. The lowest BCUT2D eigenvalue weighted by atomic mass is 10.2. The molecular weight excluding hydrogens is 194 g/mol. The Kier molecular flexibility index (Phi) is 2.59.